The van der Waals surface area contributed by atoms with Gasteiger partial charge in [-0.1, -0.05) is 46.6 Å². The zero-order valence-electron chi connectivity index (χ0n) is 13.0. The maximum Gasteiger partial charge on any atom is 0.0377 e. The standard InChI is InChI=1S/C17H29NS/c1-5-7-12-18(13-8-6-2)16-10-9-11-17(14-16)19-15(3)4/h9-11,14-15H,5-8,12-13H2,1-4H3. The molecular formula is C17H29NS. The van der Waals surface area contributed by atoms with Crippen molar-refractivity contribution in [2.45, 2.75) is 63.5 Å². The van der Waals surface area contributed by atoms with E-state index in [0.29, 0.717) is 5.25 Å². The first-order valence-corrected chi connectivity index (χ1v) is 8.57. The Balaban J connectivity index is 2.75. The van der Waals surface area contributed by atoms with Gasteiger partial charge in [-0.2, -0.15) is 0 Å². The van der Waals surface area contributed by atoms with Crippen LogP contribution in [-0.4, -0.2) is 18.3 Å². The van der Waals surface area contributed by atoms with Gasteiger partial charge in [0.05, 0.1) is 0 Å². The second-order valence-electron chi connectivity index (χ2n) is 5.36. The minimum atomic E-state index is 0.648. The summed E-state index contributed by atoms with van der Waals surface area (Å²) < 4.78 is 0. The van der Waals surface area contributed by atoms with Gasteiger partial charge in [-0.3, -0.25) is 0 Å². The molecule has 0 aliphatic rings. The predicted octanol–water partition coefficient (Wildman–Crippen LogP) is 5.59. The number of rotatable bonds is 9. The van der Waals surface area contributed by atoms with Crippen LogP contribution in [0.1, 0.15) is 53.4 Å². The Labute approximate surface area is 123 Å². The third kappa shape index (κ3) is 6.38. The van der Waals surface area contributed by atoms with Gasteiger partial charge in [-0.05, 0) is 31.0 Å². The van der Waals surface area contributed by atoms with E-state index >= 15 is 0 Å². The van der Waals surface area contributed by atoms with Crippen LogP contribution in [0.15, 0.2) is 29.2 Å². The number of anilines is 1. The highest BCUT2D eigenvalue weighted by Crippen LogP contribution is 2.27. The highest BCUT2D eigenvalue weighted by atomic mass is 32.2. The predicted molar refractivity (Wildman–Crippen MR) is 89.5 cm³/mol. The minimum absolute atomic E-state index is 0.648. The van der Waals surface area contributed by atoms with Gasteiger partial charge < -0.3 is 4.90 Å². The van der Waals surface area contributed by atoms with Crippen molar-refractivity contribution in [3.05, 3.63) is 24.3 Å². The maximum atomic E-state index is 2.55. The first-order chi connectivity index (χ1) is 9.17. The van der Waals surface area contributed by atoms with E-state index < -0.39 is 0 Å². The number of thioether (sulfide) groups is 1. The third-order valence-electron chi connectivity index (χ3n) is 3.12. The Morgan fingerprint density at radius 3 is 2.21 bits per heavy atom. The second-order valence-corrected chi connectivity index (χ2v) is 7.01. The summed E-state index contributed by atoms with van der Waals surface area (Å²) in [6, 6.07) is 9.04. The lowest BCUT2D eigenvalue weighted by atomic mass is 10.2. The second kappa shape index (κ2) is 9.30. The molecule has 0 saturated heterocycles. The molecule has 0 aliphatic heterocycles. The fourth-order valence-corrected chi connectivity index (χ4v) is 2.98. The average Bonchev–Trinajstić information content (AvgIpc) is 2.38. The quantitative estimate of drug-likeness (QED) is 0.542. The van der Waals surface area contributed by atoms with Crippen molar-refractivity contribution >= 4 is 17.4 Å². The molecule has 1 nitrogen and oxygen atoms in total. The van der Waals surface area contributed by atoms with E-state index in [1.54, 1.807) is 0 Å². The molecule has 0 N–H and O–H groups in total. The van der Waals surface area contributed by atoms with Gasteiger partial charge in [0.25, 0.3) is 0 Å². The molecule has 0 heterocycles. The van der Waals surface area contributed by atoms with Crippen molar-refractivity contribution in [1.82, 2.24) is 0 Å². The largest absolute Gasteiger partial charge is 0.372 e. The summed E-state index contributed by atoms with van der Waals surface area (Å²) in [6.45, 7) is 11.4. The van der Waals surface area contributed by atoms with Gasteiger partial charge in [-0.25, -0.2) is 0 Å². The molecule has 1 aromatic carbocycles. The normalized spacial score (nSPS) is 11.0. The Bertz CT molecular complexity index is 341. The molecule has 0 unspecified atom stereocenters. The fraction of sp³-hybridized carbons (Fsp3) is 0.647. The topological polar surface area (TPSA) is 3.24 Å². The van der Waals surface area contributed by atoms with Gasteiger partial charge in [0.2, 0.25) is 0 Å². The molecule has 0 aromatic heterocycles. The van der Waals surface area contributed by atoms with E-state index in [1.807, 2.05) is 11.8 Å². The molecule has 0 fully saturated rings. The van der Waals surface area contributed by atoms with E-state index in [2.05, 4.69) is 56.9 Å². The monoisotopic (exact) mass is 279 g/mol. The average molecular weight is 279 g/mol. The van der Waals surface area contributed by atoms with Crippen LogP contribution < -0.4 is 4.90 Å². The van der Waals surface area contributed by atoms with Crippen LogP contribution in [0.5, 0.6) is 0 Å². The Morgan fingerprint density at radius 2 is 1.68 bits per heavy atom. The summed E-state index contributed by atoms with van der Waals surface area (Å²) in [5, 5.41) is 0.648. The van der Waals surface area contributed by atoms with Crippen molar-refractivity contribution < 1.29 is 0 Å². The number of hydrogen-bond donors (Lipinski definition) is 0. The van der Waals surface area contributed by atoms with Gasteiger partial charge >= 0.3 is 0 Å². The first kappa shape index (κ1) is 16.4. The highest BCUT2D eigenvalue weighted by molar-refractivity contribution is 7.99. The van der Waals surface area contributed by atoms with Gasteiger partial charge in [0.1, 0.15) is 0 Å². The molecule has 0 radical (unpaired) electrons. The molecule has 1 aromatic rings. The SMILES string of the molecule is CCCCN(CCCC)c1cccc(SC(C)C)c1. The number of hydrogen-bond acceptors (Lipinski definition) is 2. The van der Waals surface area contributed by atoms with Gasteiger partial charge in [0, 0.05) is 28.9 Å². The number of unbranched alkanes of at least 4 members (excludes halogenated alkanes) is 2. The molecule has 0 spiro atoms. The molecular weight excluding hydrogens is 250 g/mol. The zero-order chi connectivity index (χ0) is 14.1. The molecule has 108 valence electrons. The molecule has 0 bridgehead atoms. The molecule has 2 heteroatoms. The summed E-state index contributed by atoms with van der Waals surface area (Å²) >= 11 is 1.95. The molecule has 19 heavy (non-hydrogen) atoms. The lowest BCUT2D eigenvalue weighted by Gasteiger charge is -2.25. The number of benzene rings is 1. The highest BCUT2D eigenvalue weighted by Gasteiger charge is 2.07. The van der Waals surface area contributed by atoms with Gasteiger partial charge in [0.15, 0.2) is 0 Å². The molecule has 1 rings (SSSR count). The van der Waals surface area contributed by atoms with Crippen molar-refractivity contribution in [1.29, 1.82) is 0 Å². The first-order valence-electron chi connectivity index (χ1n) is 7.69. The van der Waals surface area contributed by atoms with Crippen molar-refractivity contribution in [3.63, 3.8) is 0 Å². The summed E-state index contributed by atoms with van der Waals surface area (Å²) in [5.41, 5.74) is 1.40. The maximum absolute atomic E-state index is 2.55. The molecule has 0 amide bonds. The minimum Gasteiger partial charge on any atom is -0.372 e. The van der Waals surface area contributed by atoms with E-state index in [0.717, 1.165) is 0 Å². The Hall–Kier alpha value is -0.630. The van der Waals surface area contributed by atoms with E-state index in [-0.39, 0.29) is 0 Å². The summed E-state index contributed by atoms with van der Waals surface area (Å²) in [4.78, 5) is 3.95. The summed E-state index contributed by atoms with van der Waals surface area (Å²) in [6.07, 6.45) is 5.10. The van der Waals surface area contributed by atoms with Crippen molar-refractivity contribution in [2.24, 2.45) is 0 Å². The number of nitrogens with zero attached hydrogens (tertiary/aromatic N) is 1. The van der Waals surface area contributed by atoms with Crippen LogP contribution in [0.3, 0.4) is 0 Å². The third-order valence-corrected chi connectivity index (χ3v) is 4.12. The lowest BCUT2D eigenvalue weighted by molar-refractivity contribution is 0.677. The summed E-state index contributed by atoms with van der Waals surface area (Å²) in [7, 11) is 0. The molecule has 0 saturated carbocycles. The van der Waals surface area contributed by atoms with Crippen LogP contribution in [0.2, 0.25) is 0 Å². The molecule has 0 atom stereocenters. The van der Waals surface area contributed by atoms with Crippen molar-refractivity contribution in [2.75, 3.05) is 18.0 Å². The lowest BCUT2D eigenvalue weighted by Crippen LogP contribution is -2.25. The Kier molecular flexibility index (Phi) is 8.04. The van der Waals surface area contributed by atoms with Crippen LogP contribution in [-0.2, 0) is 0 Å². The van der Waals surface area contributed by atoms with E-state index in [4.69, 9.17) is 0 Å². The smallest absolute Gasteiger partial charge is 0.0377 e. The zero-order valence-corrected chi connectivity index (χ0v) is 13.8. The fourth-order valence-electron chi connectivity index (χ4n) is 2.09. The molecule has 0 aliphatic carbocycles. The Morgan fingerprint density at radius 1 is 1.05 bits per heavy atom. The van der Waals surface area contributed by atoms with Crippen molar-refractivity contribution in [3.8, 4) is 0 Å². The summed E-state index contributed by atoms with van der Waals surface area (Å²) in [5.74, 6) is 0. The van der Waals surface area contributed by atoms with Crippen LogP contribution >= 0.6 is 11.8 Å². The van der Waals surface area contributed by atoms with Gasteiger partial charge in [-0.15, -0.1) is 11.8 Å². The van der Waals surface area contributed by atoms with Crippen LogP contribution in [0.25, 0.3) is 0 Å². The van der Waals surface area contributed by atoms with E-state index in [1.165, 1.54) is 49.4 Å². The van der Waals surface area contributed by atoms with E-state index in [9.17, 15) is 0 Å². The van der Waals surface area contributed by atoms with Crippen LogP contribution in [0, 0.1) is 0 Å². The van der Waals surface area contributed by atoms with Crippen LogP contribution in [0.4, 0.5) is 5.69 Å².